The van der Waals surface area contributed by atoms with E-state index in [0.717, 1.165) is 33.2 Å². The summed E-state index contributed by atoms with van der Waals surface area (Å²) >= 11 is 6.00. The number of nitrogens with one attached hydrogen (secondary N) is 2. The number of aliphatic carboxylic acids is 1. The molecule has 3 N–H and O–H groups in total. The van der Waals surface area contributed by atoms with Crippen molar-refractivity contribution in [2.75, 3.05) is 6.61 Å². The Kier molecular flexibility index (Phi) is 10.3. The highest BCUT2D eigenvalue weighted by Gasteiger charge is 2.22. The summed E-state index contributed by atoms with van der Waals surface area (Å²) in [6.07, 6.45) is 7.89. The van der Waals surface area contributed by atoms with Crippen molar-refractivity contribution in [3.05, 3.63) is 131 Å². The molecule has 1 heterocycles. The van der Waals surface area contributed by atoms with Gasteiger partial charge in [-0.25, -0.2) is 4.79 Å². The third-order valence-corrected chi connectivity index (χ3v) is 6.83. The van der Waals surface area contributed by atoms with Crippen LogP contribution in [0.5, 0.6) is 0 Å². The van der Waals surface area contributed by atoms with Gasteiger partial charge in [-0.15, -0.1) is 0 Å². The van der Waals surface area contributed by atoms with Crippen molar-refractivity contribution < 1.29 is 19.4 Å². The van der Waals surface area contributed by atoms with Gasteiger partial charge in [0.25, 0.3) is 5.91 Å². The topological polar surface area (TPSA) is 91.4 Å². The van der Waals surface area contributed by atoms with Crippen molar-refractivity contribution >= 4 is 34.4 Å². The first-order valence-electron chi connectivity index (χ1n) is 13.3. The Morgan fingerprint density at radius 1 is 1.05 bits per heavy atom. The zero-order valence-electron chi connectivity index (χ0n) is 22.9. The highest BCUT2D eigenvalue weighted by Crippen LogP contribution is 2.26. The van der Waals surface area contributed by atoms with Crippen LogP contribution in [0.15, 0.2) is 109 Å². The van der Waals surface area contributed by atoms with Crippen LogP contribution in [0.3, 0.4) is 0 Å². The van der Waals surface area contributed by atoms with Gasteiger partial charge in [-0.2, -0.15) is 0 Å². The minimum absolute atomic E-state index is 0.141. The summed E-state index contributed by atoms with van der Waals surface area (Å²) in [4.78, 5) is 28.2. The van der Waals surface area contributed by atoms with E-state index in [2.05, 4.69) is 22.9 Å². The molecule has 3 aromatic carbocycles. The van der Waals surface area contributed by atoms with Crippen molar-refractivity contribution in [1.82, 2.24) is 10.3 Å². The average Bonchev–Trinajstić information content (AvgIpc) is 3.39. The molecular weight excluding hydrogens is 536 g/mol. The second-order valence-electron chi connectivity index (χ2n) is 9.80. The highest BCUT2D eigenvalue weighted by atomic mass is 35.5. The molecule has 0 aliphatic heterocycles. The number of carbonyl (C=O) groups is 2. The second kappa shape index (κ2) is 14.3. The number of rotatable bonds is 13. The molecule has 0 radical (unpaired) electrons. The molecule has 0 aliphatic carbocycles. The summed E-state index contributed by atoms with van der Waals surface area (Å²) in [6.45, 7) is 6.75. The van der Waals surface area contributed by atoms with Crippen LogP contribution in [-0.2, 0) is 16.1 Å². The number of allylic oxidation sites excluding steroid dienone is 3. The van der Waals surface area contributed by atoms with E-state index < -0.39 is 17.9 Å². The molecule has 0 aliphatic rings. The Balaban J connectivity index is 1.35. The summed E-state index contributed by atoms with van der Waals surface area (Å²) in [7, 11) is 0. The number of hydrogen-bond acceptors (Lipinski definition) is 3. The maximum atomic E-state index is 13.0. The van der Waals surface area contributed by atoms with Crippen LogP contribution in [0.1, 0.15) is 34.5 Å². The summed E-state index contributed by atoms with van der Waals surface area (Å²) in [5.74, 6) is -1.60. The quantitative estimate of drug-likeness (QED) is 0.0877. The largest absolute Gasteiger partial charge is 0.480 e. The number of carboxylic acids is 1. The third kappa shape index (κ3) is 8.55. The van der Waals surface area contributed by atoms with Gasteiger partial charge in [0.1, 0.15) is 11.7 Å². The highest BCUT2D eigenvalue weighted by molar-refractivity contribution is 6.30. The molecule has 7 heteroatoms. The first-order valence-corrected chi connectivity index (χ1v) is 13.7. The smallest absolute Gasteiger partial charge is 0.326 e. The van der Waals surface area contributed by atoms with Gasteiger partial charge in [0.05, 0.1) is 13.2 Å². The first kappa shape index (κ1) is 29.6. The molecule has 4 rings (SSSR count). The van der Waals surface area contributed by atoms with Crippen molar-refractivity contribution in [2.24, 2.45) is 0 Å². The second-order valence-corrected chi connectivity index (χ2v) is 10.2. The van der Waals surface area contributed by atoms with Crippen molar-refractivity contribution in [3.8, 4) is 11.1 Å². The fourth-order valence-corrected chi connectivity index (χ4v) is 4.63. The van der Waals surface area contributed by atoms with E-state index >= 15 is 0 Å². The fourth-order valence-electron chi connectivity index (χ4n) is 4.51. The summed E-state index contributed by atoms with van der Waals surface area (Å²) in [5, 5.41) is 14.0. The number of aromatic amines is 1. The number of ether oxygens (including phenoxy) is 1. The summed E-state index contributed by atoms with van der Waals surface area (Å²) < 4.78 is 5.71. The monoisotopic (exact) mass is 568 g/mol. The Morgan fingerprint density at radius 2 is 1.83 bits per heavy atom. The minimum atomic E-state index is -1.11. The molecular formula is C34H33ClN2O4. The van der Waals surface area contributed by atoms with Crippen LogP contribution in [0.2, 0.25) is 5.02 Å². The maximum absolute atomic E-state index is 13.0. The van der Waals surface area contributed by atoms with Crippen molar-refractivity contribution in [1.29, 1.82) is 0 Å². The lowest BCUT2D eigenvalue weighted by molar-refractivity contribution is -0.139. The molecule has 0 spiro atoms. The number of aromatic nitrogens is 1. The standard InChI is InChI=1S/C34H33ClN2O4/c1-3-7-24(9-4-5-17-41-22-25-10-6-8-23(2)18-25)19-32(34(39)40)37-33(38)31-21-28-12-11-27(20-30(28)36-31)26-13-15-29(35)16-14-26/h3-8,10-16,18,20-21,32,36H,1,9,17,19,22H2,2H3,(H,37,38)(H,39,40)/b5-4-,24-7+. The number of hydrogen-bond donors (Lipinski definition) is 3. The average molecular weight is 569 g/mol. The van der Waals surface area contributed by atoms with Gasteiger partial charge < -0.3 is 20.1 Å². The Hall–Kier alpha value is -4.39. The van der Waals surface area contributed by atoms with Crippen molar-refractivity contribution in [2.45, 2.75) is 32.4 Å². The van der Waals surface area contributed by atoms with Crippen LogP contribution in [-0.4, -0.2) is 34.6 Å². The van der Waals surface area contributed by atoms with Gasteiger partial charge in [-0.1, -0.05) is 102 Å². The fraction of sp³-hybridized carbons (Fsp3) is 0.176. The summed E-state index contributed by atoms with van der Waals surface area (Å²) in [5.41, 5.74) is 6.16. The number of aryl methyl sites for hydroxylation is 1. The van der Waals surface area contributed by atoms with E-state index in [4.69, 9.17) is 16.3 Å². The predicted molar refractivity (Wildman–Crippen MR) is 165 cm³/mol. The Bertz CT molecular complexity index is 1580. The van der Waals surface area contributed by atoms with Crippen molar-refractivity contribution in [3.63, 3.8) is 0 Å². The molecule has 4 aromatic rings. The molecule has 1 unspecified atom stereocenters. The predicted octanol–water partition coefficient (Wildman–Crippen LogP) is 7.65. The van der Waals surface area contributed by atoms with Gasteiger partial charge >= 0.3 is 5.97 Å². The van der Waals surface area contributed by atoms with E-state index in [1.165, 1.54) is 5.56 Å². The van der Waals surface area contributed by atoms with Crippen LogP contribution in [0, 0.1) is 6.92 Å². The molecule has 0 bridgehead atoms. The first-order chi connectivity index (χ1) is 19.8. The van der Waals surface area contributed by atoms with Gasteiger partial charge in [-0.3, -0.25) is 4.79 Å². The lowest BCUT2D eigenvalue weighted by Crippen LogP contribution is -2.41. The lowest BCUT2D eigenvalue weighted by atomic mass is 10.0. The van der Waals surface area contributed by atoms with Crippen LogP contribution in [0.25, 0.3) is 22.0 Å². The van der Waals surface area contributed by atoms with Crippen LogP contribution >= 0.6 is 11.6 Å². The zero-order chi connectivity index (χ0) is 29.2. The van der Waals surface area contributed by atoms with E-state index in [0.29, 0.717) is 30.4 Å². The molecule has 0 saturated heterocycles. The van der Waals surface area contributed by atoms with Crippen LogP contribution in [0.4, 0.5) is 0 Å². The SMILES string of the molecule is C=C/C=C(\C/C=C\COCc1cccc(C)c1)CC(NC(=O)c1cc2ccc(-c3ccc(Cl)cc3)cc2[nH]1)C(=O)O. The summed E-state index contributed by atoms with van der Waals surface area (Å²) in [6, 6.07) is 22.1. The number of halogens is 1. The van der Waals surface area contributed by atoms with E-state index in [1.54, 1.807) is 18.2 Å². The zero-order valence-corrected chi connectivity index (χ0v) is 23.7. The molecule has 0 saturated carbocycles. The van der Waals surface area contributed by atoms with Gasteiger partial charge in [-0.05, 0) is 60.7 Å². The lowest BCUT2D eigenvalue weighted by Gasteiger charge is -2.15. The number of amides is 1. The molecule has 210 valence electrons. The number of carbonyl (C=O) groups excluding carboxylic acids is 1. The molecule has 1 aromatic heterocycles. The number of benzene rings is 3. The Morgan fingerprint density at radius 3 is 2.56 bits per heavy atom. The number of H-pyrrole nitrogens is 1. The normalized spacial score (nSPS) is 12.5. The van der Waals surface area contributed by atoms with Gasteiger partial charge in [0, 0.05) is 15.9 Å². The number of carboxylic acid groups (broad SMARTS) is 1. The molecule has 41 heavy (non-hydrogen) atoms. The van der Waals surface area contributed by atoms with Gasteiger partial charge in [0.2, 0.25) is 0 Å². The molecule has 1 atom stereocenters. The molecule has 1 amide bonds. The third-order valence-electron chi connectivity index (χ3n) is 6.58. The number of fused-ring (bicyclic) bond motifs is 1. The van der Waals surface area contributed by atoms with E-state index in [-0.39, 0.29) is 6.42 Å². The van der Waals surface area contributed by atoms with E-state index in [1.807, 2.05) is 79.7 Å². The minimum Gasteiger partial charge on any atom is -0.480 e. The molecule has 6 nitrogen and oxygen atoms in total. The Labute approximate surface area is 245 Å². The maximum Gasteiger partial charge on any atom is 0.326 e. The molecule has 0 fully saturated rings. The van der Waals surface area contributed by atoms with Crippen LogP contribution < -0.4 is 5.32 Å². The van der Waals surface area contributed by atoms with Gasteiger partial charge in [0.15, 0.2) is 0 Å². The van der Waals surface area contributed by atoms with E-state index in [9.17, 15) is 14.7 Å².